The lowest BCUT2D eigenvalue weighted by molar-refractivity contribution is 0.669. The van der Waals surface area contributed by atoms with Gasteiger partial charge in [0.1, 0.15) is 11.2 Å². The average molecular weight is 793 g/mol. The highest BCUT2D eigenvalue weighted by Gasteiger charge is 2.18. The van der Waals surface area contributed by atoms with E-state index in [1.807, 2.05) is 36.4 Å². The van der Waals surface area contributed by atoms with Crippen LogP contribution in [0.1, 0.15) is 0 Å². The lowest BCUT2D eigenvalue weighted by Crippen LogP contribution is -2.00. The van der Waals surface area contributed by atoms with Gasteiger partial charge in [0, 0.05) is 43.9 Å². The molecule has 12 aromatic rings. The van der Waals surface area contributed by atoms with Crippen LogP contribution < -0.4 is 0 Å². The molecule has 0 spiro atoms. The molecule has 62 heavy (non-hydrogen) atoms. The van der Waals surface area contributed by atoms with E-state index in [0.29, 0.717) is 17.5 Å². The Hall–Kier alpha value is -8.41. The lowest BCUT2D eigenvalue weighted by Gasteiger charge is -2.11. The van der Waals surface area contributed by atoms with Gasteiger partial charge in [-0.15, -0.1) is 0 Å². The topological polar surface area (TPSA) is 56.7 Å². The molecule has 0 saturated heterocycles. The summed E-state index contributed by atoms with van der Waals surface area (Å²) in [6.45, 7) is 0. The van der Waals surface area contributed by atoms with Crippen molar-refractivity contribution in [2.45, 2.75) is 0 Å². The number of hydrogen-bond donors (Lipinski definition) is 0. The van der Waals surface area contributed by atoms with E-state index in [0.717, 1.165) is 72.1 Å². The molecular formula is C57H36N4O. The van der Waals surface area contributed by atoms with Crippen molar-refractivity contribution >= 4 is 43.7 Å². The Bertz CT molecular complexity index is 3610. The summed E-state index contributed by atoms with van der Waals surface area (Å²) in [7, 11) is 0. The largest absolute Gasteiger partial charge is 0.456 e. The van der Waals surface area contributed by atoms with Gasteiger partial charge >= 0.3 is 0 Å². The van der Waals surface area contributed by atoms with E-state index in [2.05, 4.69) is 187 Å². The van der Waals surface area contributed by atoms with Crippen LogP contribution in [0.25, 0.3) is 117 Å². The molecule has 0 amide bonds. The van der Waals surface area contributed by atoms with Crippen molar-refractivity contribution in [2.24, 2.45) is 0 Å². The Balaban J connectivity index is 0.926. The van der Waals surface area contributed by atoms with Crippen LogP contribution in [0.3, 0.4) is 0 Å². The second-order valence-corrected chi connectivity index (χ2v) is 15.6. The lowest BCUT2D eigenvalue weighted by atomic mass is 9.93. The fraction of sp³-hybridized carbons (Fsp3) is 0. The minimum atomic E-state index is 0.585. The Morgan fingerprint density at radius 1 is 0.290 bits per heavy atom. The van der Waals surface area contributed by atoms with Gasteiger partial charge in [-0.1, -0.05) is 164 Å². The van der Waals surface area contributed by atoms with Crippen molar-refractivity contribution < 1.29 is 4.42 Å². The zero-order valence-corrected chi connectivity index (χ0v) is 33.5. The highest BCUT2D eigenvalue weighted by molar-refractivity contribution is 6.11. The molecule has 0 aliphatic carbocycles. The highest BCUT2D eigenvalue weighted by Crippen LogP contribution is 2.40. The zero-order chi connectivity index (χ0) is 41.0. The van der Waals surface area contributed by atoms with Crippen LogP contribution in [-0.2, 0) is 0 Å². The number of nitrogens with zero attached hydrogens (tertiary/aromatic N) is 4. The van der Waals surface area contributed by atoms with E-state index in [1.54, 1.807) is 0 Å². The van der Waals surface area contributed by atoms with Crippen LogP contribution in [0.2, 0.25) is 0 Å². The van der Waals surface area contributed by atoms with E-state index < -0.39 is 0 Å². The fourth-order valence-electron chi connectivity index (χ4n) is 8.86. The fourth-order valence-corrected chi connectivity index (χ4v) is 8.86. The van der Waals surface area contributed by atoms with Crippen LogP contribution >= 0.6 is 0 Å². The molecule has 0 aliphatic heterocycles. The number of benzene rings is 9. The monoisotopic (exact) mass is 792 g/mol. The maximum atomic E-state index is 6.68. The molecule has 0 saturated carbocycles. The molecule has 0 radical (unpaired) electrons. The summed E-state index contributed by atoms with van der Waals surface area (Å²) >= 11 is 0. The molecule has 0 fully saturated rings. The maximum Gasteiger partial charge on any atom is 0.164 e. The Morgan fingerprint density at radius 2 is 0.726 bits per heavy atom. The summed E-state index contributed by atoms with van der Waals surface area (Å²) < 4.78 is 9.04. The number of fused-ring (bicyclic) bond motifs is 6. The predicted octanol–water partition coefficient (Wildman–Crippen LogP) is 14.9. The first-order valence-electron chi connectivity index (χ1n) is 20.8. The molecule has 0 unspecified atom stereocenters. The second-order valence-electron chi connectivity index (χ2n) is 15.6. The summed E-state index contributed by atoms with van der Waals surface area (Å²) in [6, 6.07) is 76.4. The zero-order valence-electron chi connectivity index (χ0n) is 33.5. The minimum Gasteiger partial charge on any atom is -0.456 e. The molecule has 0 N–H and O–H groups in total. The molecule has 5 heteroatoms. The van der Waals surface area contributed by atoms with Crippen LogP contribution in [0.15, 0.2) is 223 Å². The standard InChI is InChI=1S/C57H36N4O/c1-4-14-37(15-5-1)38-24-26-40(27-25-38)56-58-55(39-16-6-2-7-17-39)59-57(60-56)43-29-32-49-48-31-28-42(35-53(48)62-54(49)36-43)46-21-11-10-20-45(46)41-30-33-52-50(34-41)47-22-12-13-23-51(47)61(52)44-18-8-3-9-19-44/h1-36H. The third kappa shape index (κ3) is 6.14. The summed E-state index contributed by atoms with van der Waals surface area (Å²) in [5.74, 6) is 1.82. The van der Waals surface area contributed by atoms with Gasteiger partial charge in [0.15, 0.2) is 17.5 Å². The quantitative estimate of drug-likeness (QED) is 0.161. The second kappa shape index (κ2) is 14.7. The Kier molecular flexibility index (Phi) is 8.42. The molecule has 0 bridgehead atoms. The predicted molar refractivity (Wildman–Crippen MR) is 254 cm³/mol. The van der Waals surface area contributed by atoms with Gasteiger partial charge in [-0.05, 0) is 88.0 Å². The molecule has 3 aromatic heterocycles. The third-order valence-electron chi connectivity index (χ3n) is 11.9. The SMILES string of the molecule is c1ccc(-c2ccc(-c3nc(-c4ccccc4)nc(-c4ccc5c(c4)oc4cc(-c6ccccc6-c6ccc7c(c6)c6ccccc6n7-c6ccccc6)ccc45)n3)cc2)cc1. The first-order chi connectivity index (χ1) is 30.7. The van der Waals surface area contributed by atoms with Gasteiger partial charge in [-0.25, -0.2) is 15.0 Å². The van der Waals surface area contributed by atoms with Crippen molar-refractivity contribution in [3.8, 4) is 73.2 Å². The van der Waals surface area contributed by atoms with Gasteiger partial charge in [0.2, 0.25) is 0 Å². The first kappa shape index (κ1) is 35.5. The summed E-state index contributed by atoms with van der Waals surface area (Å²) in [5.41, 5.74) is 14.7. The molecule has 5 nitrogen and oxygen atoms in total. The molecule has 12 rings (SSSR count). The molecule has 0 aliphatic rings. The van der Waals surface area contributed by atoms with Gasteiger partial charge < -0.3 is 8.98 Å². The van der Waals surface area contributed by atoms with E-state index in [-0.39, 0.29) is 0 Å². The number of rotatable bonds is 7. The van der Waals surface area contributed by atoms with Crippen molar-refractivity contribution in [2.75, 3.05) is 0 Å². The summed E-state index contributed by atoms with van der Waals surface area (Å²) in [4.78, 5) is 15.0. The number of para-hydroxylation sites is 2. The van der Waals surface area contributed by atoms with Crippen LogP contribution in [0, 0.1) is 0 Å². The Labute approximate surface area is 357 Å². The van der Waals surface area contributed by atoms with Crippen molar-refractivity contribution in [3.05, 3.63) is 218 Å². The van der Waals surface area contributed by atoms with Crippen molar-refractivity contribution in [1.29, 1.82) is 0 Å². The van der Waals surface area contributed by atoms with Gasteiger partial charge in [0.05, 0.1) is 11.0 Å². The van der Waals surface area contributed by atoms with E-state index in [9.17, 15) is 0 Å². The van der Waals surface area contributed by atoms with Crippen molar-refractivity contribution in [3.63, 3.8) is 0 Å². The van der Waals surface area contributed by atoms with Gasteiger partial charge in [-0.3, -0.25) is 0 Å². The number of aromatic nitrogens is 4. The first-order valence-corrected chi connectivity index (χ1v) is 20.8. The summed E-state index contributed by atoms with van der Waals surface area (Å²) in [5, 5.41) is 4.55. The van der Waals surface area contributed by atoms with Crippen LogP contribution in [0.5, 0.6) is 0 Å². The van der Waals surface area contributed by atoms with E-state index in [1.165, 1.54) is 27.4 Å². The minimum absolute atomic E-state index is 0.585. The van der Waals surface area contributed by atoms with E-state index in [4.69, 9.17) is 19.4 Å². The molecule has 0 atom stereocenters. The van der Waals surface area contributed by atoms with Crippen LogP contribution in [-0.4, -0.2) is 19.5 Å². The Morgan fingerprint density at radius 3 is 1.40 bits per heavy atom. The highest BCUT2D eigenvalue weighted by atomic mass is 16.3. The molecule has 290 valence electrons. The van der Waals surface area contributed by atoms with Crippen LogP contribution in [0.4, 0.5) is 0 Å². The number of furan rings is 1. The summed E-state index contributed by atoms with van der Waals surface area (Å²) in [6.07, 6.45) is 0. The number of hydrogen-bond acceptors (Lipinski definition) is 4. The average Bonchev–Trinajstić information content (AvgIpc) is 3.89. The van der Waals surface area contributed by atoms with Gasteiger partial charge in [-0.2, -0.15) is 0 Å². The molecular weight excluding hydrogens is 757 g/mol. The van der Waals surface area contributed by atoms with Gasteiger partial charge in [0.25, 0.3) is 0 Å². The normalized spacial score (nSPS) is 11.5. The van der Waals surface area contributed by atoms with Crippen molar-refractivity contribution in [1.82, 2.24) is 19.5 Å². The smallest absolute Gasteiger partial charge is 0.164 e. The maximum absolute atomic E-state index is 6.68. The molecule has 9 aromatic carbocycles. The third-order valence-corrected chi connectivity index (χ3v) is 11.9. The van der Waals surface area contributed by atoms with E-state index >= 15 is 0 Å². The molecule has 3 heterocycles.